The fourth-order valence-corrected chi connectivity index (χ4v) is 2.57. The molecular weight excluding hydrogens is 324 g/mol. The first-order valence-corrected chi connectivity index (χ1v) is 8.22. The second-order valence-corrected chi connectivity index (χ2v) is 6.26. The van der Waals surface area contributed by atoms with Gasteiger partial charge in [0.2, 0.25) is 0 Å². The van der Waals surface area contributed by atoms with E-state index in [1.807, 2.05) is 13.8 Å². The third kappa shape index (κ3) is 4.43. The summed E-state index contributed by atoms with van der Waals surface area (Å²) in [5.41, 5.74) is 0.886. The number of esters is 1. The lowest BCUT2D eigenvalue weighted by Crippen LogP contribution is -2.51. The molecule has 1 heterocycles. The van der Waals surface area contributed by atoms with Crippen molar-refractivity contribution in [2.45, 2.75) is 26.8 Å². The molecule has 2 atom stereocenters. The van der Waals surface area contributed by atoms with E-state index < -0.39 is 24.0 Å². The van der Waals surface area contributed by atoms with Crippen LogP contribution in [0.3, 0.4) is 0 Å². The van der Waals surface area contributed by atoms with Gasteiger partial charge < -0.3 is 25.2 Å². The van der Waals surface area contributed by atoms with E-state index in [-0.39, 0.29) is 29.7 Å². The molecule has 0 saturated carbocycles. The maximum atomic E-state index is 12.5. The van der Waals surface area contributed by atoms with Crippen molar-refractivity contribution in [3.05, 3.63) is 36.0 Å². The van der Waals surface area contributed by atoms with Gasteiger partial charge in [0, 0.05) is 5.70 Å². The summed E-state index contributed by atoms with van der Waals surface area (Å²) < 4.78 is 10.7. The fourth-order valence-electron chi connectivity index (χ4n) is 2.57. The van der Waals surface area contributed by atoms with Crippen molar-refractivity contribution >= 4 is 12.0 Å². The number of carbonyl (C=O) groups excluding carboxylic acids is 2. The van der Waals surface area contributed by atoms with Crippen molar-refractivity contribution in [2.75, 3.05) is 13.2 Å². The van der Waals surface area contributed by atoms with Crippen molar-refractivity contribution < 1.29 is 24.2 Å². The Balaban J connectivity index is 2.33. The number of hydrogen-bond acceptors (Lipinski definition) is 5. The molecule has 1 saturated heterocycles. The summed E-state index contributed by atoms with van der Waals surface area (Å²) in [6.07, 6.45) is 0. The molecule has 0 bridgehead atoms. The predicted molar refractivity (Wildman–Crippen MR) is 92.1 cm³/mol. The smallest absolute Gasteiger partial charge is 0.319 e. The average Bonchev–Trinajstić information content (AvgIpc) is 2.54. The summed E-state index contributed by atoms with van der Waals surface area (Å²) in [4.78, 5) is 24.4. The molecule has 136 valence electrons. The zero-order valence-electron chi connectivity index (χ0n) is 14.7. The monoisotopic (exact) mass is 348 g/mol. The van der Waals surface area contributed by atoms with Gasteiger partial charge in [-0.2, -0.15) is 0 Å². The molecule has 0 aromatic heterocycles. The number of rotatable bonds is 6. The van der Waals surface area contributed by atoms with E-state index in [0.29, 0.717) is 12.2 Å². The van der Waals surface area contributed by atoms with E-state index in [0.717, 1.165) is 0 Å². The van der Waals surface area contributed by atoms with Gasteiger partial charge in [0.25, 0.3) is 0 Å². The quantitative estimate of drug-likeness (QED) is 0.686. The fraction of sp³-hybridized carbons (Fsp3) is 0.444. The number of aromatic hydroxyl groups is 1. The summed E-state index contributed by atoms with van der Waals surface area (Å²) in [6.45, 7) is 10.1. The summed E-state index contributed by atoms with van der Waals surface area (Å²) in [6, 6.07) is 3.58. The zero-order valence-corrected chi connectivity index (χ0v) is 14.7. The molecule has 0 spiro atoms. The molecule has 1 aromatic carbocycles. The second-order valence-electron chi connectivity index (χ2n) is 6.26. The Kier molecular flexibility index (Phi) is 5.90. The third-order valence-electron chi connectivity index (χ3n) is 3.73. The van der Waals surface area contributed by atoms with E-state index in [2.05, 4.69) is 17.2 Å². The standard InChI is InChI=1S/C18H24N2O5/c1-5-24-14-8-12(6-7-13(14)21)16-15(11(4)19-18(23)20-16)17(22)25-9-10(2)3/h6-8,10,15-16,21H,4-5,9H2,1-3H3,(H2,19,20,23). The Hall–Kier alpha value is -2.70. The van der Waals surface area contributed by atoms with Gasteiger partial charge in [-0.15, -0.1) is 0 Å². The Morgan fingerprint density at radius 3 is 2.76 bits per heavy atom. The van der Waals surface area contributed by atoms with Crippen LogP contribution in [0.5, 0.6) is 11.5 Å². The number of phenols is 1. The Bertz CT molecular complexity index is 671. The van der Waals surface area contributed by atoms with Crippen LogP contribution < -0.4 is 15.4 Å². The van der Waals surface area contributed by atoms with Crippen LogP contribution >= 0.6 is 0 Å². The number of amides is 2. The summed E-state index contributed by atoms with van der Waals surface area (Å²) >= 11 is 0. The van der Waals surface area contributed by atoms with E-state index in [1.54, 1.807) is 19.1 Å². The topological polar surface area (TPSA) is 96.9 Å². The number of phenolic OH excluding ortho intramolecular Hbond substituents is 1. The predicted octanol–water partition coefficient (Wildman–Crippen LogP) is 2.47. The Morgan fingerprint density at radius 1 is 1.40 bits per heavy atom. The molecule has 2 rings (SSSR count). The van der Waals surface area contributed by atoms with Gasteiger partial charge in [-0.25, -0.2) is 4.79 Å². The van der Waals surface area contributed by atoms with Gasteiger partial charge in [-0.1, -0.05) is 26.5 Å². The van der Waals surface area contributed by atoms with Gasteiger partial charge in [0.05, 0.1) is 19.3 Å². The largest absolute Gasteiger partial charge is 0.504 e. The molecule has 0 radical (unpaired) electrons. The lowest BCUT2D eigenvalue weighted by molar-refractivity contribution is -0.149. The highest BCUT2D eigenvalue weighted by atomic mass is 16.5. The number of hydrogen-bond donors (Lipinski definition) is 3. The van der Waals surface area contributed by atoms with Crippen LogP contribution in [-0.2, 0) is 9.53 Å². The molecular formula is C18H24N2O5. The molecule has 1 fully saturated rings. The highest BCUT2D eigenvalue weighted by Crippen LogP contribution is 2.35. The minimum atomic E-state index is -0.782. The molecule has 25 heavy (non-hydrogen) atoms. The van der Waals surface area contributed by atoms with E-state index in [4.69, 9.17) is 9.47 Å². The van der Waals surface area contributed by atoms with Crippen molar-refractivity contribution in [1.82, 2.24) is 10.6 Å². The lowest BCUT2D eigenvalue weighted by atomic mass is 9.89. The highest BCUT2D eigenvalue weighted by Gasteiger charge is 2.39. The molecule has 2 unspecified atom stereocenters. The van der Waals surface area contributed by atoms with Gasteiger partial charge in [0.15, 0.2) is 11.5 Å². The summed E-state index contributed by atoms with van der Waals surface area (Å²) in [5, 5.41) is 15.1. The number of ether oxygens (including phenoxy) is 2. The van der Waals surface area contributed by atoms with Crippen LogP contribution in [0.4, 0.5) is 4.79 Å². The highest BCUT2D eigenvalue weighted by molar-refractivity contribution is 5.85. The minimum Gasteiger partial charge on any atom is -0.504 e. The third-order valence-corrected chi connectivity index (χ3v) is 3.73. The lowest BCUT2D eigenvalue weighted by Gasteiger charge is -2.33. The van der Waals surface area contributed by atoms with Crippen molar-refractivity contribution in [2.24, 2.45) is 11.8 Å². The van der Waals surface area contributed by atoms with E-state index in [1.165, 1.54) is 6.07 Å². The van der Waals surface area contributed by atoms with Crippen LogP contribution in [0.1, 0.15) is 32.4 Å². The first-order chi connectivity index (χ1) is 11.8. The van der Waals surface area contributed by atoms with Gasteiger partial charge in [-0.3, -0.25) is 4.79 Å². The number of urea groups is 1. The molecule has 1 aliphatic heterocycles. The van der Waals surface area contributed by atoms with Gasteiger partial charge in [-0.05, 0) is 30.5 Å². The SMILES string of the molecule is C=C1NC(=O)NC(c2ccc(O)c(OCC)c2)C1C(=O)OCC(C)C. The normalized spacial score (nSPS) is 20.0. The second kappa shape index (κ2) is 7.92. The first-order valence-electron chi connectivity index (χ1n) is 8.22. The van der Waals surface area contributed by atoms with Gasteiger partial charge >= 0.3 is 12.0 Å². The molecule has 2 amide bonds. The number of carbonyl (C=O) groups is 2. The first kappa shape index (κ1) is 18.6. The van der Waals surface area contributed by atoms with E-state index in [9.17, 15) is 14.7 Å². The Morgan fingerprint density at radius 2 is 2.12 bits per heavy atom. The van der Waals surface area contributed by atoms with Crippen LogP contribution in [0.25, 0.3) is 0 Å². The molecule has 1 aliphatic rings. The summed E-state index contributed by atoms with van der Waals surface area (Å²) in [5.74, 6) is -0.783. The molecule has 3 N–H and O–H groups in total. The molecule has 1 aromatic rings. The van der Waals surface area contributed by atoms with Crippen LogP contribution in [0.15, 0.2) is 30.5 Å². The van der Waals surface area contributed by atoms with Crippen molar-refractivity contribution in [3.8, 4) is 11.5 Å². The zero-order chi connectivity index (χ0) is 18.6. The molecule has 0 aliphatic carbocycles. The van der Waals surface area contributed by atoms with Crippen LogP contribution in [0.2, 0.25) is 0 Å². The van der Waals surface area contributed by atoms with E-state index >= 15 is 0 Å². The van der Waals surface area contributed by atoms with Gasteiger partial charge in [0.1, 0.15) is 5.92 Å². The van der Waals surface area contributed by atoms with Crippen molar-refractivity contribution in [3.63, 3.8) is 0 Å². The summed E-state index contributed by atoms with van der Waals surface area (Å²) in [7, 11) is 0. The van der Waals surface area contributed by atoms with Crippen LogP contribution in [0, 0.1) is 11.8 Å². The number of benzene rings is 1. The maximum Gasteiger partial charge on any atom is 0.319 e. The minimum absolute atomic E-state index is 0.0105. The van der Waals surface area contributed by atoms with Crippen LogP contribution in [-0.4, -0.2) is 30.3 Å². The average molecular weight is 348 g/mol. The maximum absolute atomic E-state index is 12.5. The Labute approximate surface area is 147 Å². The molecule has 7 nitrogen and oxygen atoms in total. The number of nitrogens with one attached hydrogen (secondary N) is 2. The molecule has 7 heteroatoms. The van der Waals surface area contributed by atoms with Crippen molar-refractivity contribution in [1.29, 1.82) is 0 Å².